The number of hydrogen-bond acceptors (Lipinski definition) is 7. The molecule has 0 aliphatic heterocycles. The van der Waals surface area contributed by atoms with Crippen molar-refractivity contribution in [1.29, 1.82) is 0 Å². The van der Waals surface area contributed by atoms with E-state index in [4.69, 9.17) is 9.26 Å². The van der Waals surface area contributed by atoms with Crippen LogP contribution in [0.1, 0.15) is 36.1 Å². The number of ether oxygens (including phenoxy) is 1. The number of aryl methyl sites for hydroxylation is 2. The van der Waals surface area contributed by atoms with Gasteiger partial charge in [-0.2, -0.15) is 0 Å². The largest absolute Gasteiger partial charge is 0.449 e. The summed E-state index contributed by atoms with van der Waals surface area (Å²) >= 11 is 1.54. The topological polar surface area (TPSA) is 99.2 Å². The third-order valence-electron chi connectivity index (χ3n) is 4.28. The van der Waals surface area contributed by atoms with Gasteiger partial charge in [-0.1, -0.05) is 12.1 Å². The van der Waals surface area contributed by atoms with Crippen molar-refractivity contribution in [3.8, 4) is 5.13 Å². The van der Waals surface area contributed by atoms with Crippen molar-refractivity contribution < 1.29 is 18.8 Å². The van der Waals surface area contributed by atoms with Crippen molar-refractivity contribution in [1.82, 2.24) is 14.7 Å². The van der Waals surface area contributed by atoms with Gasteiger partial charge in [-0.05, 0) is 44.9 Å². The number of aromatic nitrogens is 3. The van der Waals surface area contributed by atoms with Crippen molar-refractivity contribution >= 4 is 35.1 Å². The minimum Gasteiger partial charge on any atom is -0.449 e. The third-order valence-corrected chi connectivity index (χ3v) is 5.04. The SMILES string of the molecule is CCC(OC(=O)/C=C/c1cc(C)n(-c2nccs2)c1C)C(=O)Nc1cc(C)on1. The summed E-state index contributed by atoms with van der Waals surface area (Å²) in [5.41, 5.74) is 2.86. The van der Waals surface area contributed by atoms with Gasteiger partial charge in [-0.3, -0.25) is 9.36 Å². The maximum absolute atomic E-state index is 12.3. The third kappa shape index (κ3) is 4.80. The average molecular weight is 414 g/mol. The molecule has 1 atom stereocenters. The van der Waals surface area contributed by atoms with E-state index in [-0.39, 0.29) is 5.82 Å². The summed E-state index contributed by atoms with van der Waals surface area (Å²) in [6.07, 6.45) is 4.17. The number of nitrogens with one attached hydrogen (secondary N) is 1. The van der Waals surface area contributed by atoms with Gasteiger partial charge >= 0.3 is 5.97 Å². The van der Waals surface area contributed by atoms with Crippen LogP contribution in [0.15, 0.2) is 34.3 Å². The van der Waals surface area contributed by atoms with Crippen LogP contribution < -0.4 is 5.32 Å². The number of thiazole rings is 1. The lowest BCUT2D eigenvalue weighted by atomic mass is 10.2. The van der Waals surface area contributed by atoms with Gasteiger partial charge < -0.3 is 14.6 Å². The molecule has 3 heterocycles. The fourth-order valence-corrected chi connectivity index (χ4v) is 3.62. The zero-order chi connectivity index (χ0) is 21.0. The molecule has 152 valence electrons. The number of carbonyl (C=O) groups excluding carboxylic acids is 2. The van der Waals surface area contributed by atoms with E-state index in [1.807, 2.05) is 29.9 Å². The number of hydrogen-bond donors (Lipinski definition) is 1. The maximum Gasteiger partial charge on any atom is 0.331 e. The molecule has 0 fully saturated rings. The second-order valence-electron chi connectivity index (χ2n) is 6.46. The Morgan fingerprint density at radius 1 is 1.34 bits per heavy atom. The lowest BCUT2D eigenvalue weighted by Crippen LogP contribution is -2.31. The van der Waals surface area contributed by atoms with E-state index >= 15 is 0 Å². The molecule has 0 saturated carbocycles. The van der Waals surface area contributed by atoms with E-state index in [1.54, 1.807) is 32.2 Å². The highest BCUT2D eigenvalue weighted by Gasteiger charge is 2.21. The Morgan fingerprint density at radius 3 is 2.76 bits per heavy atom. The van der Waals surface area contributed by atoms with Gasteiger partial charge in [0.1, 0.15) is 5.76 Å². The Kier molecular flexibility index (Phi) is 6.28. The van der Waals surface area contributed by atoms with Crippen LogP contribution in [0.5, 0.6) is 0 Å². The molecule has 3 aromatic heterocycles. The predicted molar refractivity (Wildman–Crippen MR) is 110 cm³/mol. The summed E-state index contributed by atoms with van der Waals surface area (Å²) in [6, 6.07) is 3.56. The summed E-state index contributed by atoms with van der Waals surface area (Å²) in [5.74, 6) is -0.192. The first-order chi connectivity index (χ1) is 13.9. The monoisotopic (exact) mass is 414 g/mol. The summed E-state index contributed by atoms with van der Waals surface area (Å²) in [7, 11) is 0. The van der Waals surface area contributed by atoms with E-state index in [1.165, 1.54) is 17.4 Å². The van der Waals surface area contributed by atoms with Crippen LogP contribution in [0.4, 0.5) is 5.82 Å². The molecule has 1 N–H and O–H groups in total. The van der Waals surface area contributed by atoms with Crippen LogP contribution in [0.2, 0.25) is 0 Å². The Balaban J connectivity index is 1.65. The van der Waals surface area contributed by atoms with Gasteiger partial charge in [0.25, 0.3) is 5.91 Å². The van der Waals surface area contributed by atoms with E-state index in [2.05, 4.69) is 15.5 Å². The van der Waals surface area contributed by atoms with E-state index < -0.39 is 18.0 Å². The fourth-order valence-electron chi connectivity index (χ4n) is 2.87. The Morgan fingerprint density at radius 2 is 2.14 bits per heavy atom. The smallest absolute Gasteiger partial charge is 0.331 e. The first-order valence-electron chi connectivity index (χ1n) is 9.10. The molecule has 0 aromatic carbocycles. The van der Waals surface area contributed by atoms with Crippen molar-refractivity contribution in [3.63, 3.8) is 0 Å². The van der Waals surface area contributed by atoms with Crippen LogP contribution >= 0.6 is 11.3 Å². The van der Waals surface area contributed by atoms with Crippen molar-refractivity contribution in [3.05, 3.63) is 52.5 Å². The van der Waals surface area contributed by atoms with Gasteiger partial charge in [0.2, 0.25) is 0 Å². The number of amides is 1. The molecule has 0 aliphatic carbocycles. The van der Waals surface area contributed by atoms with Crippen LogP contribution in [-0.4, -0.2) is 32.7 Å². The molecule has 0 saturated heterocycles. The van der Waals surface area contributed by atoms with Crippen molar-refractivity contribution in [2.75, 3.05) is 5.32 Å². The normalized spacial score (nSPS) is 12.3. The van der Waals surface area contributed by atoms with Gasteiger partial charge in [-0.25, -0.2) is 9.78 Å². The molecule has 3 aromatic rings. The first-order valence-corrected chi connectivity index (χ1v) is 9.98. The number of rotatable bonds is 7. The summed E-state index contributed by atoms with van der Waals surface area (Å²) < 4.78 is 12.2. The molecule has 9 heteroatoms. The van der Waals surface area contributed by atoms with Crippen molar-refractivity contribution in [2.45, 2.75) is 40.2 Å². The molecule has 29 heavy (non-hydrogen) atoms. The van der Waals surface area contributed by atoms with Gasteiger partial charge in [0, 0.05) is 35.1 Å². The molecule has 0 spiro atoms. The first kappa shape index (κ1) is 20.5. The van der Waals surface area contributed by atoms with E-state index in [0.29, 0.717) is 12.2 Å². The molecular formula is C20H22N4O4S. The zero-order valence-electron chi connectivity index (χ0n) is 16.6. The fraction of sp³-hybridized carbons (Fsp3) is 0.300. The highest BCUT2D eigenvalue weighted by molar-refractivity contribution is 7.12. The lowest BCUT2D eigenvalue weighted by Gasteiger charge is -2.13. The van der Waals surface area contributed by atoms with Crippen LogP contribution in [-0.2, 0) is 14.3 Å². The molecule has 1 amide bonds. The molecule has 0 radical (unpaired) electrons. The summed E-state index contributed by atoms with van der Waals surface area (Å²) in [6.45, 7) is 7.42. The molecular weight excluding hydrogens is 392 g/mol. The minimum absolute atomic E-state index is 0.284. The highest BCUT2D eigenvalue weighted by Crippen LogP contribution is 2.23. The van der Waals surface area contributed by atoms with Crippen LogP contribution in [0, 0.1) is 20.8 Å². The average Bonchev–Trinajstić information content (AvgIpc) is 3.40. The molecule has 8 nitrogen and oxygen atoms in total. The second kappa shape index (κ2) is 8.87. The summed E-state index contributed by atoms with van der Waals surface area (Å²) in [5, 5.41) is 9.06. The second-order valence-corrected chi connectivity index (χ2v) is 7.33. The number of esters is 1. The molecule has 0 aliphatic rings. The minimum atomic E-state index is -0.924. The quantitative estimate of drug-likeness (QED) is 0.466. The van der Waals surface area contributed by atoms with E-state index in [9.17, 15) is 9.59 Å². The lowest BCUT2D eigenvalue weighted by molar-refractivity contribution is -0.149. The standard InChI is InChI=1S/C20H22N4O4S/c1-5-16(19(26)22-17-11-13(3)28-23-17)27-18(25)7-6-15-10-12(2)24(14(15)4)20-21-8-9-29-20/h6-11,16H,5H2,1-4H3,(H,22,23,26)/b7-6+. The maximum atomic E-state index is 12.3. The molecule has 3 rings (SSSR count). The van der Waals surface area contributed by atoms with Gasteiger partial charge in [0.05, 0.1) is 0 Å². The Labute approximate surface area is 172 Å². The number of nitrogens with zero attached hydrogens (tertiary/aromatic N) is 3. The molecule has 0 bridgehead atoms. The highest BCUT2D eigenvalue weighted by atomic mass is 32.1. The Bertz CT molecular complexity index is 1030. The van der Waals surface area contributed by atoms with Crippen LogP contribution in [0.25, 0.3) is 11.2 Å². The molecule has 1 unspecified atom stereocenters. The van der Waals surface area contributed by atoms with Crippen LogP contribution in [0.3, 0.4) is 0 Å². The summed E-state index contributed by atoms with van der Waals surface area (Å²) in [4.78, 5) is 28.9. The number of carbonyl (C=O) groups is 2. The predicted octanol–water partition coefficient (Wildman–Crippen LogP) is 3.82. The van der Waals surface area contributed by atoms with Crippen molar-refractivity contribution in [2.24, 2.45) is 0 Å². The zero-order valence-corrected chi connectivity index (χ0v) is 17.4. The van der Waals surface area contributed by atoms with Gasteiger partial charge in [0.15, 0.2) is 17.1 Å². The Hall–Kier alpha value is -3.20. The number of anilines is 1. The van der Waals surface area contributed by atoms with E-state index in [0.717, 1.165) is 22.1 Å². The van der Waals surface area contributed by atoms with Gasteiger partial charge in [-0.15, -0.1) is 11.3 Å².